The van der Waals surface area contributed by atoms with Gasteiger partial charge in [0.25, 0.3) is 0 Å². The van der Waals surface area contributed by atoms with Crippen molar-refractivity contribution < 1.29 is 18.4 Å². The third kappa shape index (κ3) is 5.18. The van der Waals surface area contributed by atoms with Gasteiger partial charge in [-0.1, -0.05) is 54.7 Å². The minimum atomic E-state index is -0.583. The van der Waals surface area contributed by atoms with E-state index >= 15 is 0 Å². The topological polar surface area (TPSA) is 89.3 Å². The first-order valence-corrected chi connectivity index (χ1v) is 11.4. The number of carbonyl (C=O) groups excluding carboxylic acids is 1. The zero-order valence-electron chi connectivity index (χ0n) is 18.1. The number of thiazole rings is 1. The van der Waals surface area contributed by atoms with Crippen LogP contribution < -0.4 is 10.6 Å². The van der Waals surface area contributed by atoms with Crippen molar-refractivity contribution >= 4 is 55.5 Å². The molecule has 0 aliphatic carbocycles. The molecule has 2 aromatic heterocycles. The van der Waals surface area contributed by atoms with Gasteiger partial charge in [-0.25, -0.2) is 14.2 Å². The van der Waals surface area contributed by atoms with E-state index in [1.54, 1.807) is 12.1 Å². The second kappa shape index (κ2) is 9.63. The number of benzene rings is 2. The molecule has 10 heteroatoms. The summed E-state index contributed by atoms with van der Waals surface area (Å²) < 4.78 is 24.4. The molecule has 0 saturated heterocycles. The van der Waals surface area contributed by atoms with Crippen molar-refractivity contribution in [3.05, 3.63) is 60.1 Å². The summed E-state index contributed by atoms with van der Waals surface area (Å²) in [7, 11) is 1.34. The summed E-state index contributed by atoms with van der Waals surface area (Å²) in [6, 6.07) is 13.2. The number of rotatable bonds is 7. The number of carbonyl (C=O) groups is 1. The lowest BCUT2D eigenvalue weighted by Gasteiger charge is -2.20. The zero-order valence-corrected chi connectivity index (χ0v) is 19.7. The van der Waals surface area contributed by atoms with E-state index in [4.69, 9.17) is 21.5 Å². The predicted octanol–water partition coefficient (Wildman–Crippen LogP) is 5.30. The van der Waals surface area contributed by atoms with Crippen molar-refractivity contribution in [1.29, 1.82) is 0 Å². The van der Waals surface area contributed by atoms with Crippen LogP contribution in [0.5, 0.6) is 0 Å². The molecule has 1 unspecified atom stereocenters. The maximum atomic E-state index is 13.4. The highest BCUT2D eigenvalue weighted by Gasteiger charge is 2.25. The second-order valence-electron chi connectivity index (χ2n) is 7.63. The van der Waals surface area contributed by atoms with Crippen LogP contribution in [0, 0.1) is 11.7 Å². The summed E-state index contributed by atoms with van der Waals surface area (Å²) in [4.78, 5) is 16.7. The Morgan fingerprint density at radius 2 is 1.94 bits per heavy atom. The van der Waals surface area contributed by atoms with Crippen molar-refractivity contribution in [3.63, 3.8) is 0 Å². The van der Waals surface area contributed by atoms with E-state index in [9.17, 15) is 9.18 Å². The molecule has 4 rings (SSSR count). The van der Waals surface area contributed by atoms with Crippen LogP contribution in [-0.2, 0) is 9.53 Å². The number of hydrogen-bond donors (Lipinski definition) is 2. The van der Waals surface area contributed by atoms with Gasteiger partial charge in [-0.3, -0.25) is 0 Å². The molecule has 0 aliphatic heterocycles. The molecular weight excluding hydrogens is 463 g/mol. The number of esters is 1. The molecule has 0 spiro atoms. The van der Waals surface area contributed by atoms with Crippen LogP contribution in [-0.4, -0.2) is 34.3 Å². The van der Waals surface area contributed by atoms with E-state index < -0.39 is 12.0 Å². The van der Waals surface area contributed by atoms with Gasteiger partial charge in [0.15, 0.2) is 10.9 Å². The number of hydrogen-bond acceptors (Lipinski definition) is 8. The molecule has 0 fully saturated rings. The van der Waals surface area contributed by atoms with Gasteiger partial charge in [0.05, 0.1) is 17.3 Å². The van der Waals surface area contributed by atoms with Crippen molar-refractivity contribution in [2.24, 2.45) is 5.92 Å². The third-order valence-electron chi connectivity index (χ3n) is 4.92. The summed E-state index contributed by atoms with van der Waals surface area (Å²) in [6.07, 6.45) is 0. The number of aromatic nitrogens is 2. The van der Waals surface area contributed by atoms with Crippen LogP contribution in [0.25, 0.3) is 21.5 Å². The molecule has 0 bridgehead atoms. The molecule has 7 nitrogen and oxygen atoms in total. The first-order chi connectivity index (χ1) is 15.8. The average Bonchev–Trinajstić information content (AvgIpc) is 3.44. The van der Waals surface area contributed by atoms with E-state index in [-0.39, 0.29) is 16.7 Å². The Balaban J connectivity index is 1.45. The SMILES string of the molecule is COC(=O)C(NC(=S)c1cc(-c2ccc(Nc3nc4ccc(F)cc4s3)cc2)no1)C(C)C. The molecule has 33 heavy (non-hydrogen) atoms. The Hall–Kier alpha value is -3.37. The highest BCUT2D eigenvalue weighted by molar-refractivity contribution is 7.80. The summed E-state index contributed by atoms with van der Waals surface area (Å²) in [6.45, 7) is 3.79. The highest BCUT2D eigenvalue weighted by atomic mass is 32.1. The molecule has 4 aromatic rings. The van der Waals surface area contributed by atoms with Gasteiger partial charge in [-0.15, -0.1) is 0 Å². The van der Waals surface area contributed by atoms with Crippen molar-refractivity contribution in [3.8, 4) is 11.3 Å². The highest BCUT2D eigenvalue weighted by Crippen LogP contribution is 2.30. The molecule has 2 aromatic carbocycles. The first kappa shape index (κ1) is 22.8. The Morgan fingerprint density at radius 1 is 1.18 bits per heavy atom. The van der Waals surface area contributed by atoms with Crippen molar-refractivity contribution in [2.45, 2.75) is 19.9 Å². The van der Waals surface area contributed by atoms with Crippen LogP contribution in [0.1, 0.15) is 19.6 Å². The predicted molar refractivity (Wildman–Crippen MR) is 130 cm³/mol. The van der Waals surface area contributed by atoms with Gasteiger partial charge in [0.2, 0.25) is 0 Å². The van der Waals surface area contributed by atoms with Crippen LogP contribution >= 0.6 is 23.6 Å². The van der Waals surface area contributed by atoms with Crippen LogP contribution in [0.15, 0.2) is 53.1 Å². The van der Waals surface area contributed by atoms with Crippen LogP contribution in [0.4, 0.5) is 15.2 Å². The maximum absolute atomic E-state index is 13.4. The van der Waals surface area contributed by atoms with Crippen LogP contribution in [0.3, 0.4) is 0 Å². The van der Waals surface area contributed by atoms with E-state index in [1.807, 2.05) is 38.1 Å². The van der Waals surface area contributed by atoms with Gasteiger partial charge in [0, 0.05) is 17.3 Å². The molecule has 0 aliphatic rings. The molecule has 2 heterocycles. The van der Waals surface area contributed by atoms with E-state index in [0.717, 1.165) is 21.5 Å². The lowest BCUT2D eigenvalue weighted by molar-refractivity contribution is -0.143. The number of nitrogens with zero attached hydrogens (tertiary/aromatic N) is 2. The number of fused-ring (bicyclic) bond motifs is 1. The number of ether oxygens (including phenoxy) is 1. The number of halogens is 1. The molecule has 0 amide bonds. The van der Waals surface area contributed by atoms with E-state index in [2.05, 4.69) is 20.8 Å². The maximum Gasteiger partial charge on any atom is 0.328 e. The van der Waals surface area contributed by atoms with Gasteiger partial charge in [-0.2, -0.15) is 0 Å². The second-order valence-corrected chi connectivity index (χ2v) is 9.07. The summed E-state index contributed by atoms with van der Waals surface area (Å²) in [5.41, 5.74) is 3.01. The Kier molecular flexibility index (Phi) is 6.66. The lowest BCUT2D eigenvalue weighted by Crippen LogP contribution is -2.44. The minimum Gasteiger partial charge on any atom is -0.467 e. The Labute approximate surface area is 199 Å². The molecular formula is C23H21FN4O3S2. The Bertz CT molecular complexity index is 1300. The average molecular weight is 485 g/mol. The fourth-order valence-electron chi connectivity index (χ4n) is 3.16. The first-order valence-electron chi connectivity index (χ1n) is 10.1. The normalized spacial score (nSPS) is 12.0. The van der Waals surface area contributed by atoms with Crippen molar-refractivity contribution in [2.75, 3.05) is 12.4 Å². The van der Waals surface area contributed by atoms with Gasteiger partial charge in [0.1, 0.15) is 22.5 Å². The fraction of sp³-hybridized carbons (Fsp3) is 0.217. The molecule has 1 atom stereocenters. The number of nitrogens with one attached hydrogen (secondary N) is 2. The number of anilines is 2. The number of thiocarbonyl (C=S) groups is 1. The van der Waals surface area contributed by atoms with Gasteiger partial charge in [-0.05, 0) is 36.2 Å². The summed E-state index contributed by atoms with van der Waals surface area (Å²) in [5, 5.41) is 11.0. The van der Waals surface area contributed by atoms with Gasteiger partial charge < -0.3 is 19.9 Å². The van der Waals surface area contributed by atoms with Crippen LogP contribution in [0.2, 0.25) is 0 Å². The molecule has 170 valence electrons. The van der Waals surface area contributed by atoms with Gasteiger partial charge >= 0.3 is 5.97 Å². The monoisotopic (exact) mass is 484 g/mol. The standard InChI is InChI=1S/C23H21FN4O3S2/c1-12(2)20(22(29)30-3)27-21(32)18-11-17(28-31-18)13-4-7-15(8-5-13)25-23-26-16-9-6-14(24)10-19(16)33-23/h4-12,20H,1-3H3,(H,25,26)(H,27,32). The van der Waals surface area contributed by atoms with Crippen molar-refractivity contribution in [1.82, 2.24) is 15.5 Å². The smallest absolute Gasteiger partial charge is 0.328 e. The zero-order chi connectivity index (χ0) is 23.5. The third-order valence-corrected chi connectivity index (χ3v) is 6.18. The molecule has 0 radical (unpaired) electrons. The fourth-order valence-corrected chi connectivity index (χ4v) is 4.29. The molecule has 2 N–H and O–H groups in total. The minimum absolute atomic E-state index is 0.0210. The lowest BCUT2D eigenvalue weighted by atomic mass is 10.0. The molecule has 0 saturated carbocycles. The van der Waals surface area contributed by atoms with E-state index in [0.29, 0.717) is 16.6 Å². The summed E-state index contributed by atoms with van der Waals surface area (Å²) in [5.74, 6) is -0.340. The Morgan fingerprint density at radius 3 is 2.64 bits per heavy atom. The quantitative estimate of drug-likeness (QED) is 0.270. The summed E-state index contributed by atoms with van der Waals surface area (Å²) >= 11 is 6.76. The van der Waals surface area contributed by atoms with E-state index in [1.165, 1.54) is 30.6 Å². The largest absolute Gasteiger partial charge is 0.467 e. The number of methoxy groups -OCH3 is 1.